The van der Waals surface area contributed by atoms with Crippen molar-refractivity contribution in [3.8, 4) is 0 Å². The summed E-state index contributed by atoms with van der Waals surface area (Å²) in [7, 11) is 0. The minimum Gasteiger partial charge on any atom is -0.481 e. The van der Waals surface area contributed by atoms with Gasteiger partial charge in [0.15, 0.2) is 0 Å². The van der Waals surface area contributed by atoms with Crippen molar-refractivity contribution in [3.05, 3.63) is 80.9 Å². The largest absolute Gasteiger partial charge is 0.481 e. The van der Waals surface area contributed by atoms with Crippen LogP contribution in [0.1, 0.15) is 40.7 Å². The summed E-state index contributed by atoms with van der Waals surface area (Å²) in [6.45, 7) is 6.27. The van der Waals surface area contributed by atoms with E-state index in [0.717, 1.165) is 33.0 Å². The number of piperidine rings is 1. The lowest BCUT2D eigenvalue weighted by atomic mass is 9.73. The van der Waals surface area contributed by atoms with Crippen LogP contribution in [0.4, 0.5) is 0 Å². The van der Waals surface area contributed by atoms with Crippen molar-refractivity contribution in [3.63, 3.8) is 0 Å². The molecule has 1 aliphatic rings. The van der Waals surface area contributed by atoms with Crippen LogP contribution in [0, 0.1) is 20.8 Å². The molecule has 0 bridgehead atoms. The molecular formula is C28H27NO6. The van der Waals surface area contributed by atoms with Crippen LogP contribution in [0.15, 0.2) is 56.3 Å². The predicted octanol–water partition coefficient (Wildman–Crippen LogP) is 4.65. The topological polar surface area (TPSA) is 101 Å². The van der Waals surface area contributed by atoms with E-state index in [1.165, 1.54) is 0 Å². The fraction of sp³-hybridized carbons (Fsp3) is 0.321. The van der Waals surface area contributed by atoms with Crippen LogP contribution in [-0.2, 0) is 21.4 Å². The van der Waals surface area contributed by atoms with Gasteiger partial charge in [0.2, 0.25) is 5.91 Å². The van der Waals surface area contributed by atoms with Crippen molar-refractivity contribution in [2.24, 2.45) is 0 Å². The van der Waals surface area contributed by atoms with Gasteiger partial charge in [-0.25, -0.2) is 4.79 Å². The number of fused-ring (bicyclic) bond motifs is 2. The molecule has 1 aliphatic heterocycles. The highest BCUT2D eigenvalue weighted by atomic mass is 16.4. The Labute approximate surface area is 201 Å². The Hall–Kier alpha value is -3.87. The first-order chi connectivity index (χ1) is 16.7. The van der Waals surface area contributed by atoms with Crippen molar-refractivity contribution in [2.45, 2.75) is 45.4 Å². The molecule has 5 rings (SSSR count). The first-order valence-corrected chi connectivity index (χ1v) is 11.7. The van der Waals surface area contributed by atoms with Crippen LogP contribution < -0.4 is 5.63 Å². The number of nitrogens with zero attached hydrogens (tertiary/aromatic N) is 1. The number of carbonyl (C=O) groups is 2. The fourth-order valence-corrected chi connectivity index (χ4v) is 5.31. The van der Waals surface area contributed by atoms with Crippen molar-refractivity contribution in [1.29, 1.82) is 0 Å². The van der Waals surface area contributed by atoms with Gasteiger partial charge in [0, 0.05) is 29.4 Å². The smallest absolute Gasteiger partial charge is 0.340 e. The Morgan fingerprint density at radius 2 is 1.69 bits per heavy atom. The number of aliphatic carboxylic acids is 1. The molecule has 1 N–H and O–H groups in total. The maximum absolute atomic E-state index is 13.2. The molecule has 2 aromatic heterocycles. The fourth-order valence-electron chi connectivity index (χ4n) is 5.31. The molecule has 35 heavy (non-hydrogen) atoms. The van der Waals surface area contributed by atoms with Crippen molar-refractivity contribution >= 4 is 33.8 Å². The normalized spacial score (nSPS) is 15.6. The lowest BCUT2D eigenvalue weighted by Crippen LogP contribution is -2.49. The molecule has 0 spiro atoms. The molecular weight excluding hydrogens is 446 g/mol. The highest BCUT2D eigenvalue weighted by molar-refractivity contribution is 6.00. The average Bonchev–Trinajstić information content (AvgIpc) is 3.23. The number of aryl methyl sites for hydroxylation is 3. The van der Waals surface area contributed by atoms with Gasteiger partial charge in [-0.2, -0.15) is 0 Å². The molecule has 0 radical (unpaired) electrons. The quantitative estimate of drug-likeness (QED) is 0.433. The highest BCUT2D eigenvalue weighted by Crippen LogP contribution is 2.36. The SMILES string of the molecule is Cc1coc2c(C)c3oc(=O)c(CC(=O)N4CCC(C(=O)O)(c5ccccc5)CC4)c(C)c3cc12. The van der Waals surface area contributed by atoms with E-state index in [4.69, 9.17) is 8.83 Å². The van der Waals surface area contributed by atoms with Gasteiger partial charge in [-0.1, -0.05) is 30.3 Å². The Morgan fingerprint density at radius 3 is 2.34 bits per heavy atom. The van der Waals surface area contributed by atoms with Gasteiger partial charge < -0.3 is 18.8 Å². The standard InChI is InChI=1S/C28H27NO6/c1-16-15-34-24-18(3)25-21(13-20(16)24)17(2)22(26(31)35-25)14-23(30)29-11-9-28(10-12-29,27(32)33)19-7-5-4-6-8-19/h4-8,13,15H,9-12,14H2,1-3H3,(H,32,33). The number of carboxylic acids is 1. The Kier molecular flexibility index (Phi) is 5.50. The number of carbonyl (C=O) groups excluding carboxylic acids is 1. The van der Waals surface area contributed by atoms with E-state index in [1.807, 2.05) is 57.2 Å². The van der Waals surface area contributed by atoms with Gasteiger partial charge in [-0.05, 0) is 56.4 Å². The summed E-state index contributed by atoms with van der Waals surface area (Å²) < 4.78 is 11.3. The first-order valence-electron chi connectivity index (χ1n) is 11.7. The molecule has 180 valence electrons. The molecule has 2 aromatic carbocycles. The third kappa shape index (κ3) is 3.62. The van der Waals surface area contributed by atoms with E-state index in [1.54, 1.807) is 11.2 Å². The molecule has 7 heteroatoms. The molecule has 7 nitrogen and oxygen atoms in total. The van der Waals surface area contributed by atoms with Gasteiger partial charge in [0.05, 0.1) is 23.7 Å². The maximum atomic E-state index is 13.2. The lowest BCUT2D eigenvalue weighted by molar-refractivity contribution is -0.148. The summed E-state index contributed by atoms with van der Waals surface area (Å²) in [5.74, 6) is -1.08. The minimum absolute atomic E-state index is 0.0863. The number of hydrogen-bond donors (Lipinski definition) is 1. The van der Waals surface area contributed by atoms with Crippen molar-refractivity contribution in [2.75, 3.05) is 13.1 Å². The third-order valence-electron chi connectivity index (χ3n) is 7.57. The zero-order valence-electron chi connectivity index (χ0n) is 20.0. The molecule has 4 aromatic rings. The zero-order chi connectivity index (χ0) is 24.9. The van der Waals surface area contributed by atoms with Gasteiger partial charge in [0.25, 0.3) is 0 Å². The van der Waals surface area contributed by atoms with Crippen LogP contribution in [0.25, 0.3) is 21.9 Å². The van der Waals surface area contributed by atoms with E-state index in [9.17, 15) is 19.5 Å². The number of amides is 1. The van der Waals surface area contributed by atoms with E-state index in [0.29, 0.717) is 42.7 Å². The summed E-state index contributed by atoms with van der Waals surface area (Å²) in [6, 6.07) is 11.1. The number of hydrogen-bond acceptors (Lipinski definition) is 5. The molecule has 0 atom stereocenters. The highest BCUT2D eigenvalue weighted by Gasteiger charge is 2.43. The van der Waals surface area contributed by atoms with E-state index >= 15 is 0 Å². The Bertz CT molecular complexity index is 1520. The Morgan fingerprint density at radius 1 is 1.00 bits per heavy atom. The number of carboxylic acid groups (broad SMARTS) is 1. The van der Waals surface area contributed by atoms with Crippen LogP contribution in [0.2, 0.25) is 0 Å². The minimum atomic E-state index is -1.01. The van der Waals surface area contributed by atoms with Crippen LogP contribution in [0.3, 0.4) is 0 Å². The maximum Gasteiger partial charge on any atom is 0.340 e. The van der Waals surface area contributed by atoms with Crippen molar-refractivity contribution < 1.29 is 23.5 Å². The van der Waals surface area contributed by atoms with E-state index in [2.05, 4.69) is 0 Å². The average molecular weight is 474 g/mol. The summed E-state index contributed by atoms with van der Waals surface area (Å²) in [5.41, 5.74) is 3.16. The predicted molar refractivity (Wildman–Crippen MR) is 132 cm³/mol. The molecule has 1 amide bonds. The van der Waals surface area contributed by atoms with Gasteiger partial charge in [-0.15, -0.1) is 0 Å². The van der Waals surface area contributed by atoms with Crippen LogP contribution >= 0.6 is 0 Å². The molecule has 0 unspecified atom stereocenters. The second kappa shape index (κ2) is 8.41. The number of likely N-dealkylation sites (tertiary alicyclic amines) is 1. The number of rotatable bonds is 4. The summed E-state index contributed by atoms with van der Waals surface area (Å²) in [5, 5.41) is 11.8. The summed E-state index contributed by atoms with van der Waals surface area (Å²) in [6.07, 6.45) is 2.23. The number of furan rings is 1. The summed E-state index contributed by atoms with van der Waals surface area (Å²) in [4.78, 5) is 40.0. The second-order valence-corrected chi connectivity index (χ2v) is 9.48. The molecule has 0 aliphatic carbocycles. The Balaban J connectivity index is 1.42. The second-order valence-electron chi connectivity index (χ2n) is 9.48. The zero-order valence-corrected chi connectivity index (χ0v) is 20.0. The molecule has 0 saturated carbocycles. The van der Waals surface area contributed by atoms with Gasteiger partial charge in [0.1, 0.15) is 11.2 Å². The van der Waals surface area contributed by atoms with E-state index < -0.39 is 17.0 Å². The first kappa shape index (κ1) is 22.9. The van der Waals surface area contributed by atoms with Gasteiger partial charge in [-0.3, -0.25) is 9.59 Å². The lowest BCUT2D eigenvalue weighted by Gasteiger charge is -2.39. The van der Waals surface area contributed by atoms with E-state index in [-0.39, 0.29) is 12.3 Å². The van der Waals surface area contributed by atoms with Gasteiger partial charge >= 0.3 is 11.6 Å². The van der Waals surface area contributed by atoms with Crippen LogP contribution in [-0.4, -0.2) is 35.0 Å². The number of benzene rings is 2. The molecule has 3 heterocycles. The summed E-state index contributed by atoms with van der Waals surface area (Å²) >= 11 is 0. The monoisotopic (exact) mass is 473 g/mol. The van der Waals surface area contributed by atoms with Crippen molar-refractivity contribution in [1.82, 2.24) is 4.90 Å². The molecule has 1 fully saturated rings. The third-order valence-corrected chi connectivity index (χ3v) is 7.57. The van der Waals surface area contributed by atoms with Crippen LogP contribution in [0.5, 0.6) is 0 Å². The molecule has 1 saturated heterocycles.